The lowest BCUT2D eigenvalue weighted by Crippen LogP contribution is -2.32. The molecule has 0 bridgehead atoms. The van der Waals surface area contributed by atoms with Crippen LogP contribution in [0.1, 0.15) is 11.1 Å². The van der Waals surface area contributed by atoms with E-state index in [1.54, 1.807) is 6.20 Å². The van der Waals surface area contributed by atoms with Gasteiger partial charge < -0.3 is 5.32 Å². The summed E-state index contributed by atoms with van der Waals surface area (Å²) in [6, 6.07) is 6.70. The van der Waals surface area contributed by atoms with Crippen molar-refractivity contribution in [3.8, 4) is 0 Å². The molecule has 0 amide bonds. The number of hydrogen-bond acceptors (Lipinski definition) is 3. The molecule has 0 spiro atoms. The number of fused-ring (bicyclic) bond motifs is 1. The van der Waals surface area contributed by atoms with E-state index in [1.165, 1.54) is 11.1 Å². The summed E-state index contributed by atoms with van der Waals surface area (Å²) in [6.07, 6.45) is 5.73. The third-order valence-corrected chi connectivity index (χ3v) is 3.58. The SMILES string of the molecule is Clc1ccc2c(c1)CC(NCCn1ccnn1)C2. The lowest BCUT2D eigenvalue weighted by atomic mass is 10.1. The van der Waals surface area contributed by atoms with Gasteiger partial charge in [-0.1, -0.05) is 22.9 Å². The first-order chi connectivity index (χ1) is 8.81. The third kappa shape index (κ3) is 2.54. The molecule has 1 heterocycles. The van der Waals surface area contributed by atoms with Crippen LogP contribution in [0.2, 0.25) is 5.02 Å². The summed E-state index contributed by atoms with van der Waals surface area (Å²) in [7, 11) is 0. The van der Waals surface area contributed by atoms with Crippen molar-refractivity contribution in [2.75, 3.05) is 6.54 Å². The van der Waals surface area contributed by atoms with Crippen LogP contribution < -0.4 is 5.32 Å². The van der Waals surface area contributed by atoms with Crippen LogP contribution in [0.4, 0.5) is 0 Å². The minimum Gasteiger partial charge on any atom is -0.311 e. The molecule has 1 atom stereocenters. The summed E-state index contributed by atoms with van der Waals surface area (Å²) in [4.78, 5) is 0. The zero-order valence-corrected chi connectivity index (χ0v) is 10.8. The zero-order chi connectivity index (χ0) is 12.4. The number of rotatable bonds is 4. The van der Waals surface area contributed by atoms with Crippen LogP contribution in [0.5, 0.6) is 0 Å². The number of nitrogens with zero attached hydrogens (tertiary/aromatic N) is 3. The second-order valence-corrected chi connectivity index (χ2v) is 5.07. The molecule has 0 saturated carbocycles. The van der Waals surface area contributed by atoms with Gasteiger partial charge in [-0.25, -0.2) is 0 Å². The van der Waals surface area contributed by atoms with Crippen LogP contribution in [0.15, 0.2) is 30.6 Å². The lowest BCUT2D eigenvalue weighted by Gasteiger charge is -2.11. The van der Waals surface area contributed by atoms with E-state index in [1.807, 2.05) is 16.9 Å². The molecule has 1 aromatic heterocycles. The molecule has 94 valence electrons. The van der Waals surface area contributed by atoms with Crippen molar-refractivity contribution < 1.29 is 0 Å². The van der Waals surface area contributed by atoms with Crippen LogP contribution in [0.3, 0.4) is 0 Å². The third-order valence-electron chi connectivity index (χ3n) is 3.35. The minimum atomic E-state index is 0.516. The van der Waals surface area contributed by atoms with Crippen molar-refractivity contribution >= 4 is 11.6 Å². The second kappa shape index (κ2) is 5.08. The highest BCUT2D eigenvalue weighted by Gasteiger charge is 2.20. The fraction of sp³-hybridized carbons (Fsp3) is 0.385. The highest BCUT2D eigenvalue weighted by molar-refractivity contribution is 6.30. The fourth-order valence-corrected chi connectivity index (χ4v) is 2.66. The molecule has 5 heteroatoms. The van der Waals surface area contributed by atoms with Crippen molar-refractivity contribution in [2.24, 2.45) is 0 Å². The Bertz CT molecular complexity index is 524. The Labute approximate surface area is 111 Å². The zero-order valence-electron chi connectivity index (χ0n) is 10.0. The maximum absolute atomic E-state index is 6.00. The van der Waals surface area contributed by atoms with Gasteiger partial charge in [0.2, 0.25) is 0 Å². The highest BCUT2D eigenvalue weighted by Crippen LogP contribution is 2.25. The van der Waals surface area contributed by atoms with Gasteiger partial charge >= 0.3 is 0 Å². The summed E-state index contributed by atoms with van der Waals surface area (Å²) in [5.41, 5.74) is 2.79. The molecule has 1 unspecified atom stereocenters. The van der Waals surface area contributed by atoms with Crippen LogP contribution in [-0.2, 0) is 19.4 Å². The Kier molecular flexibility index (Phi) is 3.30. The molecule has 4 nitrogen and oxygen atoms in total. The number of halogens is 1. The Morgan fingerprint density at radius 2 is 2.22 bits per heavy atom. The number of aromatic nitrogens is 3. The molecule has 2 aromatic rings. The Morgan fingerprint density at radius 3 is 3.06 bits per heavy atom. The van der Waals surface area contributed by atoms with Crippen LogP contribution >= 0.6 is 11.6 Å². The van der Waals surface area contributed by atoms with Gasteiger partial charge in [0.15, 0.2) is 0 Å². The van der Waals surface area contributed by atoms with E-state index in [0.29, 0.717) is 6.04 Å². The van der Waals surface area contributed by atoms with Crippen molar-refractivity contribution in [3.63, 3.8) is 0 Å². The van der Waals surface area contributed by atoms with Gasteiger partial charge in [0.25, 0.3) is 0 Å². The molecule has 3 rings (SSSR count). The highest BCUT2D eigenvalue weighted by atomic mass is 35.5. The van der Waals surface area contributed by atoms with E-state index < -0.39 is 0 Å². The molecular formula is C13H15ClN4. The van der Waals surface area contributed by atoms with E-state index >= 15 is 0 Å². The molecule has 0 radical (unpaired) electrons. The minimum absolute atomic E-state index is 0.516. The van der Waals surface area contributed by atoms with Gasteiger partial charge in [-0.05, 0) is 36.1 Å². The molecule has 1 aliphatic rings. The van der Waals surface area contributed by atoms with Crippen LogP contribution in [-0.4, -0.2) is 27.6 Å². The number of hydrogen-bond donors (Lipinski definition) is 1. The number of nitrogens with one attached hydrogen (secondary N) is 1. The van der Waals surface area contributed by atoms with E-state index in [0.717, 1.165) is 31.0 Å². The van der Waals surface area contributed by atoms with Gasteiger partial charge in [0.05, 0.1) is 12.7 Å². The van der Waals surface area contributed by atoms with E-state index in [-0.39, 0.29) is 0 Å². The van der Waals surface area contributed by atoms with Crippen molar-refractivity contribution in [1.82, 2.24) is 20.3 Å². The summed E-state index contributed by atoms with van der Waals surface area (Å²) in [6.45, 7) is 1.77. The van der Waals surface area contributed by atoms with Gasteiger partial charge in [-0.3, -0.25) is 4.68 Å². The predicted octanol–water partition coefficient (Wildman–Crippen LogP) is 1.69. The second-order valence-electron chi connectivity index (χ2n) is 4.64. The lowest BCUT2D eigenvalue weighted by molar-refractivity contribution is 0.480. The van der Waals surface area contributed by atoms with E-state index in [2.05, 4.69) is 27.8 Å². The molecule has 18 heavy (non-hydrogen) atoms. The summed E-state index contributed by atoms with van der Waals surface area (Å²) in [5.74, 6) is 0. The maximum Gasteiger partial charge on any atom is 0.0692 e. The van der Waals surface area contributed by atoms with Gasteiger partial charge in [0.1, 0.15) is 0 Å². The Hall–Kier alpha value is -1.39. The smallest absolute Gasteiger partial charge is 0.0692 e. The Morgan fingerprint density at radius 1 is 1.33 bits per heavy atom. The first-order valence-corrected chi connectivity index (χ1v) is 6.54. The quantitative estimate of drug-likeness (QED) is 0.912. The topological polar surface area (TPSA) is 42.7 Å². The average molecular weight is 263 g/mol. The Balaban J connectivity index is 1.52. The van der Waals surface area contributed by atoms with Crippen molar-refractivity contribution in [3.05, 3.63) is 46.7 Å². The maximum atomic E-state index is 6.00. The van der Waals surface area contributed by atoms with Gasteiger partial charge in [-0.15, -0.1) is 5.10 Å². The van der Waals surface area contributed by atoms with Crippen LogP contribution in [0.25, 0.3) is 0 Å². The molecule has 0 fully saturated rings. The molecule has 1 aromatic carbocycles. The standard InChI is InChI=1S/C13H15ClN4/c14-12-2-1-10-8-13(9-11(10)7-12)15-3-5-18-6-4-16-17-18/h1-2,4,6-7,13,15H,3,5,8-9H2. The van der Waals surface area contributed by atoms with E-state index in [4.69, 9.17) is 11.6 Å². The largest absolute Gasteiger partial charge is 0.311 e. The summed E-state index contributed by atoms with van der Waals surface area (Å²) < 4.78 is 1.84. The van der Waals surface area contributed by atoms with Gasteiger partial charge in [0, 0.05) is 23.8 Å². The average Bonchev–Trinajstić information content (AvgIpc) is 2.97. The molecule has 0 saturated heterocycles. The first kappa shape index (κ1) is 11.7. The monoisotopic (exact) mass is 262 g/mol. The molecule has 0 aliphatic heterocycles. The number of benzene rings is 1. The summed E-state index contributed by atoms with van der Waals surface area (Å²) in [5, 5.41) is 12.1. The summed E-state index contributed by atoms with van der Waals surface area (Å²) >= 11 is 6.00. The van der Waals surface area contributed by atoms with Crippen LogP contribution in [0, 0.1) is 0 Å². The fourth-order valence-electron chi connectivity index (χ4n) is 2.47. The molecule has 1 aliphatic carbocycles. The van der Waals surface area contributed by atoms with Gasteiger partial charge in [-0.2, -0.15) is 0 Å². The first-order valence-electron chi connectivity index (χ1n) is 6.16. The van der Waals surface area contributed by atoms with Crippen molar-refractivity contribution in [1.29, 1.82) is 0 Å². The van der Waals surface area contributed by atoms with Crippen molar-refractivity contribution in [2.45, 2.75) is 25.4 Å². The normalized spacial score (nSPS) is 17.9. The molecule has 1 N–H and O–H groups in total. The molecular weight excluding hydrogens is 248 g/mol. The van der Waals surface area contributed by atoms with E-state index in [9.17, 15) is 0 Å². The predicted molar refractivity (Wildman–Crippen MR) is 70.7 cm³/mol.